The van der Waals surface area contributed by atoms with Crippen molar-refractivity contribution in [1.29, 1.82) is 0 Å². The number of fused-ring (bicyclic) bond motifs is 1. The van der Waals surface area contributed by atoms with Gasteiger partial charge in [0, 0.05) is 29.7 Å². The summed E-state index contributed by atoms with van der Waals surface area (Å²) in [4.78, 5) is 26.2. The Morgan fingerprint density at radius 2 is 1.77 bits per heavy atom. The Kier molecular flexibility index (Phi) is 5.35. The van der Waals surface area contributed by atoms with Crippen LogP contribution in [0.15, 0.2) is 46.9 Å². The van der Waals surface area contributed by atoms with Crippen molar-refractivity contribution in [2.24, 2.45) is 5.73 Å². The summed E-state index contributed by atoms with van der Waals surface area (Å²) >= 11 is 0. The van der Waals surface area contributed by atoms with Crippen LogP contribution in [0.25, 0.3) is 22.3 Å². The molecule has 1 aliphatic heterocycles. The Labute approximate surface area is 174 Å². The number of rotatable bonds is 5. The first-order valence-corrected chi connectivity index (χ1v) is 10.0. The van der Waals surface area contributed by atoms with E-state index in [0.717, 1.165) is 18.8 Å². The van der Waals surface area contributed by atoms with Gasteiger partial charge < -0.3 is 24.5 Å². The third-order valence-electron chi connectivity index (χ3n) is 5.03. The molecule has 1 fully saturated rings. The molecule has 1 saturated heterocycles. The van der Waals surface area contributed by atoms with Crippen molar-refractivity contribution in [3.8, 4) is 17.1 Å². The van der Waals surface area contributed by atoms with E-state index < -0.39 is 12.1 Å². The Morgan fingerprint density at radius 1 is 1.07 bits per heavy atom. The van der Waals surface area contributed by atoms with Gasteiger partial charge in [-0.2, -0.15) is 0 Å². The summed E-state index contributed by atoms with van der Waals surface area (Å²) in [6.07, 6.45) is 1.18. The summed E-state index contributed by atoms with van der Waals surface area (Å²) in [5.41, 5.74) is 7.54. The SMILES string of the molecule is CC(C)Oc1ccc2oc(-c3ccc(N4CCCC4)cc3)c(C(=O)OC(N)=O)c2c1. The summed E-state index contributed by atoms with van der Waals surface area (Å²) in [5, 5.41) is 0.498. The van der Waals surface area contributed by atoms with Crippen molar-refractivity contribution in [2.75, 3.05) is 18.0 Å². The highest BCUT2D eigenvalue weighted by molar-refractivity contribution is 6.11. The number of amides is 1. The first-order valence-electron chi connectivity index (χ1n) is 10.0. The molecule has 0 atom stereocenters. The Morgan fingerprint density at radius 3 is 2.40 bits per heavy atom. The third-order valence-corrected chi connectivity index (χ3v) is 5.03. The summed E-state index contributed by atoms with van der Waals surface area (Å²) in [5.74, 6) is 0.0508. The normalized spacial score (nSPS) is 13.8. The minimum absolute atomic E-state index is 0.0343. The summed E-state index contributed by atoms with van der Waals surface area (Å²) in [7, 11) is 0. The van der Waals surface area contributed by atoms with E-state index in [1.54, 1.807) is 18.2 Å². The van der Waals surface area contributed by atoms with Gasteiger partial charge in [-0.3, -0.25) is 0 Å². The number of esters is 1. The largest absolute Gasteiger partial charge is 0.491 e. The fourth-order valence-corrected chi connectivity index (χ4v) is 3.77. The molecule has 2 N–H and O–H groups in total. The molecule has 0 unspecified atom stereocenters. The van der Waals surface area contributed by atoms with E-state index in [-0.39, 0.29) is 11.7 Å². The fraction of sp³-hybridized carbons (Fsp3) is 0.304. The van der Waals surface area contributed by atoms with Gasteiger partial charge >= 0.3 is 12.1 Å². The standard InChI is InChI=1S/C23H24N2O5/c1-14(2)28-17-9-10-19-18(13-17)20(22(26)30-23(24)27)21(29-19)15-5-7-16(8-6-15)25-11-3-4-12-25/h5-10,13-14H,3-4,11-12H2,1-2H3,(H2,24,27). The molecule has 156 valence electrons. The van der Waals surface area contributed by atoms with Crippen LogP contribution >= 0.6 is 0 Å². The van der Waals surface area contributed by atoms with Crippen molar-refractivity contribution in [2.45, 2.75) is 32.8 Å². The number of hydrogen-bond acceptors (Lipinski definition) is 6. The number of carbonyl (C=O) groups excluding carboxylic acids is 2. The smallest absolute Gasteiger partial charge is 0.412 e. The van der Waals surface area contributed by atoms with E-state index in [4.69, 9.17) is 14.9 Å². The highest BCUT2D eigenvalue weighted by atomic mass is 16.6. The van der Waals surface area contributed by atoms with Crippen LogP contribution in [0.2, 0.25) is 0 Å². The molecule has 1 amide bonds. The molecular weight excluding hydrogens is 384 g/mol. The number of primary amides is 1. The molecule has 0 bridgehead atoms. The molecule has 0 aliphatic carbocycles. The number of anilines is 1. The topological polar surface area (TPSA) is 95.0 Å². The lowest BCUT2D eigenvalue weighted by molar-refractivity contribution is 0.0640. The number of nitrogens with zero attached hydrogens (tertiary/aromatic N) is 1. The van der Waals surface area contributed by atoms with Crippen LogP contribution in [0.4, 0.5) is 10.5 Å². The minimum atomic E-state index is -1.17. The Balaban J connectivity index is 1.79. The molecular formula is C23H24N2O5. The number of nitrogens with two attached hydrogens (primary N) is 1. The highest BCUT2D eigenvalue weighted by Gasteiger charge is 2.25. The first-order chi connectivity index (χ1) is 14.4. The van der Waals surface area contributed by atoms with Crippen molar-refractivity contribution in [1.82, 2.24) is 0 Å². The Hall–Kier alpha value is -3.48. The summed E-state index contributed by atoms with van der Waals surface area (Å²) in [6.45, 7) is 5.90. The first kappa shape index (κ1) is 19.8. The molecule has 2 aromatic carbocycles. The number of furan rings is 1. The van der Waals surface area contributed by atoms with Gasteiger partial charge in [0.1, 0.15) is 22.7 Å². The van der Waals surface area contributed by atoms with E-state index in [1.807, 2.05) is 38.1 Å². The van der Waals surface area contributed by atoms with E-state index in [2.05, 4.69) is 9.64 Å². The second kappa shape index (κ2) is 8.10. The van der Waals surface area contributed by atoms with Crippen molar-refractivity contribution in [3.63, 3.8) is 0 Å². The predicted molar refractivity (Wildman–Crippen MR) is 114 cm³/mol. The molecule has 1 aromatic heterocycles. The summed E-state index contributed by atoms with van der Waals surface area (Å²) in [6, 6.07) is 13.0. The second-order valence-electron chi connectivity index (χ2n) is 7.58. The lowest BCUT2D eigenvalue weighted by atomic mass is 10.0. The molecule has 0 radical (unpaired) electrons. The van der Waals surface area contributed by atoms with Gasteiger partial charge in [-0.05, 0) is 69.2 Å². The van der Waals surface area contributed by atoms with Crippen LogP contribution in [0.1, 0.15) is 37.0 Å². The molecule has 4 rings (SSSR count). The number of hydrogen-bond donors (Lipinski definition) is 1. The van der Waals surface area contributed by atoms with E-state index in [9.17, 15) is 9.59 Å². The van der Waals surface area contributed by atoms with Gasteiger partial charge in [0.2, 0.25) is 0 Å². The quantitative estimate of drug-likeness (QED) is 0.485. The molecule has 1 aliphatic rings. The van der Waals surface area contributed by atoms with E-state index in [1.165, 1.54) is 12.8 Å². The van der Waals surface area contributed by atoms with Gasteiger partial charge in [0.25, 0.3) is 0 Å². The number of carbonyl (C=O) groups is 2. The van der Waals surface area contributed by atoms with Crippen LogP contribution in [0.3, 0.4) is 0 Å². The maximum atomic E-state index is 12.7. The van der Waals surface area contributed by atoms with Crippen LogP contribution in [-0.4, -0.2) is 31.3 Å². The van der Waals surface area contributed by atoms with Gasteiger partial charge in [-0.25, -0.2) is 9.59 Å². The number of benzene rings is 2. The molecule has 7 nitrogen and oxygen atoms in total. The monoisotopic (exact) mass is 408 g/mol. The van der Waals surface area contributed by atoms with Crippen LogP contribution in [-0.2, 0) is 4.74 Å². The van der Waals surface area contributed by atoms with Crippen molar-refractivity contribution < 1.29 is 23.5 Å². The van der Waals surface area contributed by atoms with Crippen molar-refractivity contribution in [3.05, 3.63) is 48.0 Å². The Bertz CT molecular complexity index is 1080. The maximum absolute atomic E-state index is 12.7. The molecule has 2 heterocycles. The third kappa shape index (κ3) is 3.96. The zero-order valence-electron chi connectivity index (χ0n) is 17.0. The van der Waals surface area contributed by atoms with Crippen LogP contribution < -0.4 is 15.4 Å². The van der Waals surface area contributed by atoms with E-state index >= 15 is 0 Å². The van der Waals surface area contributed by atoms with Gasteiger partial charge in [-0.1, -0.05) is 0 Å². The zero-order chi connectivity index (χ0) is 21.3. The molecule has 30 heavy (non-hydrogen) atoms. The molecule has 7 heteroatoms. The fourth-order valence-electron chi connectivity index (χ4n) is 3.77. The number of ether oxygens (including phenoxy) is 2. The lowest BCUT2D eigenvalue weighted by Crippen LogP contribution is -2.18. The van der Waals surface area contributed by atoms with Gasteiger partial charge in [-0.15, -0.1) is 0 Å². The lowest BCUT2D eigenvalue weighted by Gasteiger charge is -2.17. The minimum Gasteiger partial charge on any atom is -0.491 e. The van der Waals surface area contributed by atoms with Crippen LogP contribution in [0.5, 0.6) is 5.75 Å². The molecule has 3 aromatic rings. The van der Waals surface area contributed by atoms with E-state index in [0.29, 0.717) is 28.0 Å². The average molecular weight is 408 g/mol. The maximum Gasteiger partial charge on any atom is 0.412 e. The predicted octanol–water partition coefficient (Wildman–Crippen LogP) is 4.72. The van der Waals surface area contributed by atoms with Gasteiger partial charge in [0.15, 0.2) is 0 Å². The van der Waals surface area contributed by atoms with Gasteiger partial charge in [0.05, 0.1) is 6.10 Å². The van der Waals surface area contributed by atoms with Crippen LogP contribution in [0, 0.1) is 0 Å². The molecule has 0 saturated carbocycles. The zero-order valence-corrected chi connectivity index (χ0v) is 17.0. The highest BCUT2D eigenvalue weighted by Crippen LogP contribution is 2.37. The summed E-state index contributed by atoms with van der Waals surface area (Å²) < 4.78 is 16.4. The average Bonchev–Trinajstić information content (AvgIpc) is 3.35. The van der Waals surface area contributed by atoms with Crippen molar-refractivity contribution >= 4 is 28.7 Å². The molecule has 0 spiro atoms. The second-order valence-corrected chi connectivity index (χ2v) is 7.58.